The maximum Gasteiger partial charge on any atom is 0.258 e. The number of hydrogen-bond acceptors (Lipinski definition) is 2. The van der Waals surface area contributed by atoms with E-state index in [1.54, 1.807) is 24.3 Å². The minimum atomic E-state index is -2.38. The molecule has 2 rings (SSSR count). The molecule has 1 aromatic rings. The molecule has 1 aliphatic heterocycles. The summed E-state index contributed by atoms with van der Waals surface area (Å²) in [7, 11) is 0. The average Bonchev–Trinajstić information content (AvgIpc) is 2.33. The van der Waals surface area contributed by atoms with Gasteiger partial charge >= 0.3 is 0 Å². The quantitative estimate of drug-likeness (QED) is 0.899. The summed E-state index contributed by atoms with van der Waals surface area (Å²) in [5, 5.41) is 3.73. The summed E-state index contributed by atoms with van der Waals surface area (Å²) in [6.45, 7) is 2.82. The summed E-state index contributed by atoms with van der Waals surface area (Å²) in [6, 6.07) is 5.86. The van der Waals surface area contributed by atoms with Gasteiger partial charge in [0.15, 0.2) is 0 Å². The lowest BCUT2D eigenvalue weighted by Crippen LogP contribution is -2.46. The zero-order valence-corrected chi connectivity index (χ0v) is 10.1. The van der Waals surface area contributed by atoms with Gasteiger partial charge in [0.25, 0.3) is 6.43 Å². The van der Waals surface area contributed by atoms with Crippen molar-refractivity contribution in [3.8, 4) is 0 Å². The van der Waals surface area contributed by atoms with E-state index in [2.05, 4.69) is 5.32 Å². The average molecular weight is 261 g/mol. The van der Waals surface area contributed by atoms with Crippen molar-refractivity contribution in [1.29, 1.82) is 0 Å². The monoisotopic (exact) mass is 260 g/mol. The Labute approximate surface area is 105 Å². The summed E-state index contributed by atoms with van der Waals surface area (Å²) >= 11 is 5.77. The van der Waals surface area contributed by atoms with E-state index in [0.29, 0.717) is 23.7 Å². The van der Waals surface area contributed by atoms with Crippen molar-refractivity contribution >= 4 is 11.6 Å². The molecule has 0 spiro atoms. The third kappa shape index (κ3) is 3.15. The number of alkyl halides is 2. The smallest absolute Gasteiger partial charge is 0.258 e. The van der Waals surface area contributed by atoms with Crippen molar-refractivity contribution < 1.29 is 8.78 Å². The number of rotatable bonds is 3. The van der Waals surface area contributed by atoms with Crippen LogP contribution in [0.15, 0.2) is 24.3 Å². The minimum Gasteiger partial charge on any atom is -0.314 e. The highest BCUT2D eigenvalue weighted by Crippen LogP contribution is 2.28. The standard InChI is InChI=1S/C12H15ClF2N2/c13-10-3-1-9(2-4-10)11(12(14)15)17-7-5-16-6-8-17/h1-4,11-12,16H,5-8H2/t11-/m1/s1. The van der Waals surface area contributed by atoms with Crippen LogP contribution in [0, 0.1) is 0 Å². The van der Waals surface area contributed by atoms with Gasteiger partial charge in [0.1, 0.15) is 0 Å². The van der Waals surface area contributed by atoms with Crippen LogP contribution in [0.5, 0.6) is 0 Å². The third-order valence-electron chi connectivity index (χ3n) is 3.00. The molecule has 1 saturated heterocycles. The number of benzene rings is 1. The van der Waals surface area contributed by atoms with E-state index >= 15 is 0 Å². The van der Waals surface area contributed by atoms with Gasteiger partial charge in [-0.2, -0.15) is 0 Å². The van der Waals surface area contributed by atoms with E-state index in [0.717, 1.165) is 13.1 Å². The molecule has 0 radical (unpaired) electrons. The SMILES string of the molecule is FC(F)[C@@H](c1ccc(Cl)cc1)N1CCNCC1. The molecule has 1 aliphatic rings. The molecule has 2 nitrogen and oxygen atoms in total. The van der Waals surface area contributed by atoms with E-state index in [1.165, 1.54) is 0 Å². The number of halogens is 3. The zero-order valence-electron chi connectivity index (χ0n) is 9.37. The Kier molecular flexibility index (Phi) is 4.31. The maximum atomic E-state index is 13.2. The van der Waals surface area contributed by atoms with Crippen molar-refractivity contribution in [2.75, 3.05) is 26.2 Å². The first-order valence-electron chi connectivity index (χ1n) is 5.67. The molecule has 0 aromatic heterocycles. The van der Waals surface area contributed by atoms with Crippen molar-refractivity contribution in [3.05, 3.63) is 34.9 Å². The number of piperazine rings is 1. The summed E-state index contributed by atoms with van der Waals surface area (Å²) in [6.07, 6.45) is -2.38. The Morgan fingerprint density at radius 2 is 1.71 bits per heavy atom. The molecule has 17 heavy (non-hydrogen) atoms. The van der Waals surface area contributed by atoms with E-state index < -0.39 is 12.5 Å². The highest BCUT2D eigenvalue weighted by molar-refractivity contribution is 6.30. The first-order valence-corrected chi connectivity index (χ1v) is 6.04. The Morgan fingerprint density at radius 3 is 2.24 bits per heavy atom. The molecular formula is C12H15ClF2N2. The molecule has 5 heteroatoms. The molecule has 94 valence electrons. The van der Waals surface area contributed by atoms with Crippen molar-refractivity contribution in [1.82, 2.24) is 10.2 Å². The first kappa shape index (κ1) is 12.7. The molecule has 0 amide bonds. The highest BCUT2D eigenvalue weighted by Gasteiger charge is 2.29. The third-order valence-corrected chi connectivity index (χ3v) is 3.25. The van der Waals surface area contributed by atoms with Crippen LogP contribution in [-0.2, 0) is 0 Å². The molecule has 0 saturated carbocycles. The van der Waals surface area contributed by atoms with Crippen molar-refractivity contribution in [2.24, 2.45) is 0 Å². The number of nitrogens with one attached hydrogen (secondary N) is 1. The molecule has 1 N–H and O–H groups in total. The molecule has 1 fully saturated rings. The van der Waals surface area contributed by atoms with Crippen LogP contribution in [0.25, 0.3) is 0 Å². The van der Waals surface area contributed by atoms with E-state index in [1.807, 2.05) is 4.90 Å². The normalized spacial score (nSPS) is 19.5. The second kappa shape index (κ2) is 5.76. The fraction of sp³-hybridized carbons (Fsp3) is 0.500. The molecule has 0 bridgehead atoms. The van der Waals surface area contributed by atoms with E-state index in [9.17, 15) is 8.78 Å². The second-order valence-electron chi connectivity index (χ2n) is 4.12. The van der Waals surface area contributed by atoms with Crippen LogP contribution in [0.2, 0.25) is 5.02 Å². The topological polar surface area (TPSA) is 15.3 Å². The van der Waals surface area contributed by atoms with Gasteiger partial charge in [-0.15, -0.1) is 0 Å². The summed E-state index contributed by atoms with van der Waals surface area (Å²) in [5.74, 6) is 0. The van der Waals surface area contributed by atoms with Crippen molar-refractivity contribution in [2.45, 2.75) is 12.5 Å². The maximum absolute atomic E-state index is 13.2. The molecule has 1 heterocycles. The summed E-state index contributed by atoms with van der Waals surface area (Å²) < 4.78 is 26.3. The first-order chi connectivity index (χ1) is 8.18. The van der Waals surface area contributed by atoms with Crippen LogP contribution >= 0.6 is 11.6 Å². The fourth-order valence-corrected chi connectivity index (χ4v) is 2.26. The molecule has 1 atom stereocenters. The van der Waals surface area contributed by atoms with Crippen LogP contribution in [0.4, 0.5) is 8.78 Å². The summed E-state index contributed by atoms with van der Waals surface area (Å²) in [4.78, 5) is 1.82. The van der Waals surface area contributed by atoms with Crippen molar-refractivity contribution in [3.63, 3.8) is 0 Å². The van der Waals surface area contributed by atoms with Gasteiger partial charge in [-0.05, 0) is 17.7 Å². The second-order valence-corrected chi connectivity index (χ2v) is 4.55. The number of hydrogen-bond donors (Lipinski definition) is 1. The van der Waals surface area contributed by atoms with Gasteiger partial charge in [0, 0.05) is 31.2 Å². The van der Waals surface area contributed by atoms with Crippen LogP contribution < -0.4 is 5.32 Å². The Balaban J connectivity index is 2.18. The number of nitrogens with zero attached hydrogens (tertiary/aromatic N) is 1. The van der Waals surface area contributed by atoms with E-state index in [4.69, 9.17) is 11.6 Å². The largest absolute Gasteiger partial charge is 0.314 e. The molecular weight excluding hydrogens is 246 g/mol. The van der Waals surface area contributed by atoms with Gasteiger partial charge in [0.05, 0.1) is 6.04 Å². The van der Waals surface area contributed by atoms with E-state index in [-0.39, 0.29) is 0 Å². The molecule has 0 aliphatic carbocycles. The van der Waals surface area contributed by atoms with Crippen LogP contribution in [0.1, 0.15) is 11.6 Å². The van der Waals surface area contributed by atoms with Gasteiger partial charge < -0.3 is 5.32 Å². The Bertz CT molecular complexity index is 350. The Hall–Kier alpha value is -0.710. The van der Waals surface area contributed by atoms with Gasteiger partial charge in [-0.25, -0.2) is 8.78 Å². The molecule has 1 aromatic carbocycles. The minimum absolute atomic E-state index is 0.571. The van der Waals surface area contributed by atoms with Crippen LogP contribution in [0.3, 0.4) is 0 Å². The van der Waals surface area contributed by atoms with Gasteiger partial charge in [-0.1, -0.05) is 23.7 Å². The predicted molar refractivity (Wildman–Crippen MR) is 64.6 cm³/mol. The zero-order chi connectivity index (χ0) is 12.3. The Morgan fingerprint density at radius 1 is 1.12 bits per heavy atom. The van der Waals surface area contributed by atoms with Gasteiger partial charge in [0.2, 0.25) is 0 Å². The van der Waals surface area contributed by atoms with Crippen LogP contribution in [-0.4, -0.2) is 37.5 Å². The molecule has 0 unspecified atom stereocenters. The fourth-order valence-electron chi connectivity index (χ4n) is 2.14. The van der Waals surface area contributed by atoms with Gasteiger partial charge in [-0.3, -0.25) is 4.90 Å². The predicted octanol–water partition coefficient (Wildman–Crippen LogP) is 2.55. The highest BCUT2D eigenvalue weighted by atomic mass is 35.5. The lowest BCUT2D eigenvalue weighted by Gasteiger charge is -2.34. The summed E-state index contributed by atoms with van der Waals surface area (Å²) in [5.41, 5.74) is 0.631. The lowest BCUT2D eigenvalue weighted by atomic mass is 10.1. The lowest BCUT2D eigenvalue weighted by molar-refractivity contribution is 0.0182.